The lowest BCUT2D eigenvalue weighted by Gasteiger charge is -2.27. The van der Waals surface area contributed by atoms with Crippen molar-refractivity contribution in [3.05, 3.63) is 85.1 Å². The second kappa shape index (κ2) is 50.7. The maximum atomic E-state index is 13.5. The number of quaternary nitrogens is 1. The van der Waals surface area contributed by atoms with Crippen LogP contribution in [0.1, 0.15) is 239 Å². The van der Waals surface area contributed by atoms with E-state index in [1.807, 2.05) is 33.3 Å². The van der Waals surface area contributed by atoms with Crippen molar-refractivity contribution in [1.82, 2.24) is 5.32 Å². The van der Waals surface area contributed by atoms with Gasteiger partial charge < -0.3 is 19.4 Å². The number of ether oxygens (including phenoxy) is 1. The van der Waals surface area contributed by atoms with Gasteiger partial charge in [0.05, 0.1) is 33.8 Å². The van der Waals surface area contributed by atoms with Crippen molar-refractivity contribution in [3.8, 4) is 0 Å². The van der Waals surface area contributed by atoms with E-state index in [0.29, 0.717) is 23.9 Å². The van der Waals surface area contributed by atoms with Gasteiger partial charge in [0.25, 0.3) is 0 Å². The molecule has 3 atom stereocenters. The molecule has 1 amide bonds. The van der Waals surface area contributed by atoms with Crippen LogP contribution in [-0.2, 0) is 27.9 Å². The van der Waals surface area contributed by atoms with Crippen LogP contribution in [0.4, 0.5) is 0 Å². The molecule has 0 aliphatic rings. The van der Waals surface area contributed by atoms with Gasteiger partial charge in [-0.1, -0.05) is 215 Å². The third kappa shape index (κ3) is 51.9. The Balaban J connectivity index is 5.46. The molecule has 0 aromatic carbocycles. The molecular weight excluding hydrogens is 904 g/mol. The van der Waals surface area contributed by atoms with Gasteiger partial charge in [-0.25, -0.2) is 4.57 Å². The number of rotatable bonds is 51. The number of carbonyl (C=O) groups is 2. The van der Waals surface area contributed by atoms with Crippen LogP contribution in [0.2, 0.25) is 0 Å². The van der Waals surface area contributed by atoms with Gasteiger partial charge >= 0.3 is 13.8 Å². The van der Waals surface area contributed by atoms with E-state index in [1.54, 1.807) is 0 Å². The maximum absolute atomic E-state index is 13.5. The topological polar surface area (TPSA) is 111 Å². The summed E-state index contributed by atoms with van der Waals surface area (Å²) in [6.45, 7) is 6.84. The predicted octanol–water partition coefficient (Wildman–Crippen LogP) is 17.4. The number of nitrogens with zero attached hydrogens (tertiary/aromatic N) is 1. The second-order valence-electron chi connectivity index (χ2n) is 20.4. The van der Waals surface area contributed by atoms with Gasteiger partial charge in [0.1, 0.15) is 19.3 Å². The summed E-state index contributed by atoms with van der Waals surface area (Å²) in [5.74, 6) is -0.586. The zero-order chi connectivity index (χ0) is 52.2. The molecular formula is C61H110N2O7P+. The Morgan fingerprint density at radius 1 is 0.507 bits per heavy atom. The fourth-order valence-electron chi connectivity index (χ4n) is 7.85. The minimum atomic E-state index is -4.46. The minimum absolute atomic E-state index is 0.0267. The number of unbranched alkanes of at least 4 members (excludes halogenated alkanes) is 23. The van der Waals surface area contributed by atoms with Gasteiger partial charge in [-0.15, -0.1) is 0 Å². The highest BCUT2D eigenvalue weighted by Gasteiger charge is 2.30. The van der Waals surface area contributed by atoms with E-state index in [4.69, 9.17) is 13.8 Å². The van der Waals surface area contributed by atoms with Crippen LogP contribution in [0.3, 0.4) is 0 Å². The number of phosphoric acid groups is 1. The Hall–Kier alpha value is -2.81. The zero-order valence-corrected chi connectivity index (χ0v) is 47.6. The molecule has 0 saturated carbocycles. The van der Waals surface area contributed by atoms with E-state index in [1.165, 1.54) is 103 Å². The van der Waals surface area contributed by atoms with Crippen molar-refractivity contribution in [2.45, 2.75) is 251 Å². The lowest BCUT2D eigenvalue weighted by Crippen LogP contribution is -2.47. The van der Waals surface area contributed by atoms with Crippen LogP contribution in [0.5, 0.6) is 0 Å². The third-order valence-electron chi connectivity index (χ3n) is 12.3. The summed E-state index contributed by atoms with van der Waals surface area (Å²) in [7, 11) is 1.45. The third-order valence-corrected chi connectivity index (χ3v) is 13.3. The number of phosphoric ester groups is 1. The number of allylic oxidation sites excluding steroid dienone is 13. The van der Waals surface area contributed by atoms with Crippen molar-refractivity contribution >= 4 is 19.7 Å². The van der Waals surface area contributed by atoms with Gasteiger partial charge in [0.15, 0.2) is 0 Å². The molecule has 0 spiro atoms. The number of nitrogens with one attached hydrogen (secondary N) is 1. The minimum Gasteiger partial charge on any atom is -0.456 e. The summed E-state index contributed by atoms with van der Waals surface area (Å²) in [4.78, 5) is 37.6. The number of amides is 1. The molecule has 9 nitrogen and oxygen atoms in total. The molecule has 3 unspecified atom stereocenters. The molecule has 71 heavy (non-hydrogen) atoms. The van der Waals surface area contributed by atoms with Crippen molar-refractivity contribution in [2.75, 3.05) is 40.9 Å². The molecule has 0 bridgehead atoms. The van der Waals surface area contributed by atoms with Crippen molar-refractivity contribution < 1.29 is 37.3 Å². The highest BCUT2D eigenvalue weighted by Crippen LogP contribution is 2.43. The number of carbonyl (C=O) groups excluding carboxylic acids is 2. The first kappa shape index (κ1) is 68.2. The molecule has 0 rings (SSSR count). The van der Waals surface area contributed by atoms with Crippen molar-refractivity contribution in [3.63, 3.8) is 0 Å². The first-order valence-corrected chi connectivity index (χ1v) is 30.4. The van der Waals surface area contributed by atoms with Gasteiger partial charge in [-0.05, 0) is 96.0 Å². The number of hydrogen-bond donors (Lipinski definition) is 2. The maximum Gasteiger partial charge on any atom is 0.472 e. The Bertz CT molecular complexity index is 1490. The van der Waals surface area contributed by atoms with Gasteiger partial charge in [-0.3, -0.25) is 18.6 Å². The van der Waals surface area contributed by atoms with E-state index >= 15 is 0 Å². The second-order valence-corrected chi connectivity index (χ2v) is 21.9. The molecule has 0 saturated heterocycles. The number of likely N-dealkylation sites (N-methyl/N-ethyl adjacent to an activating group) is 1. The molecule has 0 fully saturated rings. The average Bonchev–Trinajstić information content (AvgIpc) is 3.33. The van der Waals surface area contributed by atoms with E-state index < -0.39 is 20.0 Å². The molecule has 0 aliphatic carbocycles. The quantitative estimate of drug-likeness (QED) is 0.0205. The normalized spacial score (nSPS) is 14.4. The van der Waals surface area contributed by atoms with Crippen LogP contribution in [0, 0.1) is 0 Å². The molecule has 0 aromatic rings. The first-order chi connectivity index (χ1) is 34.4. The largest absolute Gasteiger partial charge is 0.472 e. The first-order valence-electron chi connectivity index (χ1n) is 28.9. The summed E-state index contributed by atoms with van der Waals surface area (Å²) < 4.78 is 30.6. The van der Waals surface area contributed by atoms with Crippen molar-refractivity contribution in [1.29, 1.82) is 0 Å². The molecule has 0 aliphatic heterocycles. The summed E-state index contributed by atoms with van der Waals surface area (Å²) in [6.07, 6.45) is 65.8. The average molecular weight is 1010 g/mol. The van der Waals surface area contributed by atoms with E-state index in [9.17, 15) is 19.0 Å². The van der Waals surface area contributed by atoms with E-state index in [0.717, 1.165) is 96.3 Å². The molecule has 410 valence electrons. The SMILES string of the molecule is CC/C=C\C/C=C\C/C=C\C/C=C\C/C=C\CCCC(=O)OC(/C=C/CCCCCCCCCCCC)C(COP(=O)(O)OCC[N+](C)(C)C)NC(=O)CCCCCCC/C=C/CCCCCCCCC. The Morgan fingerprint density at radius 2 is 0.915 bits per heavy atom. The fourth-order valence-corrected chi connectivity index (χ4v) is 8.59. The highest BCUT2D eigenvalue weighted by molar-refractivity contribution is 7.47. The lowest BCUT2D eigenvalue weighted by atomic mass is 10.0. The summed E-state index contributed by atoms with van der Waals surface area (Å²) in [5.41, 5.74) is 0. The van der Waals surface area contributed by atoms with Crippen LogP contribution in [-0.4, -0.2) is 74.3 Å². The smallest absolute Gasteiger partial charge is 0.456 e. The van der Waals surface area contributed by atoms with Crippen LogP contribution >= 0.6 is 7.82 Å². The lowest BCUT2D eigenvalue weighted by molar-refractivity contribution is -0.870. The fraction of sp³-hybridized carbons (Fsp3) is 0.738. The molecule has 0 radical (unpaired) electrons. The Morgan fingerprint density at radius 3 is 1.39 bits per heavy atom. The van der Waals surface area contributed by atoms with Crippen LogP contribution in [0.25, 0.3) is 0 Å². The summed E-state index contributed by atoms with van der Waals surface area (Å²) >= 11 is 0. The van der Waals surface area contributed by atoms with Gasteiger partial charge in [0, 0.05) is 12.8 Å². The molecule has 0 aromatic heterocycles. The zero-order valence-electron chi connectivity index (χ0n) is 46.7. The van der Waals surface area contributed by atoms with E-state index in [2.05, 4.69) is 99.0 Å². The summed E-state index contributed by atoms with van der Waals surface area (Å²) in [5, 5.41) is 3.03. The summed E-state index contributed by atoms with van der Waals surface area (Å²) in [6, 6.07) is -0.878. The molecule has 0 heterocycles. The highest BCUT2D eigenvalue weighted by atomic mass is 31.2. The van der Waals surface area contributed by atoms with Gasteiger partial charge in [-0.2, -0.15) is 0 Å². The van der Waals surface area contributed by atoms with Gasteiger partial charge in [0.2, 0.25) is 5.91 Å². The molecule has 2 N–H and O–H groups in total. The van der Waals surface area contributed by atoms with Crippen LogP contribution in [0.15, 0.2) is 85.1 Å². The molecule has 10 heteroatoms. The number of esters is 1. The Kier molecular flexibility index (Phi) is 48.7. The number of hydrogen-bond acceptors (Lipinski definition) is 6. The monoisotopic (exact) mass is 1010 g/mol. The van der Waals surface area contributed by atoms with E-state index in [-0.39, 0.29) is 31.5 Å². The predicted molar refractivity (Wildman–Crippen MR) is 304 cm³/mol. The van der Waals surface area contributed by atoms with Crippen LogP contribution < -0.4 is 5.32 Å². The Labute approximate surface area is 437 Å². The van der Waals surface area contributed by atoms with Crippen molar-refractivity contribution in [2.24, 2.45) is 0 Å². The standard InChI is InChI=1S/C61H109N2O7P/c1-7-10-13-16-19-22-25-28-30-32-34-36-39-42-45-48-51-54-61(65)70-59(52-49-46-43-40-37-27-24-21-18-15-12-9-3)58(57-69-71(66,67)68-56-55-63(4,5)6)62-60(64)53-50-47-44-41-38-35-33-31-29-26-23-20-17-14-11-8-2/h10,13,19,22,28,30-31,33-34,36,42,45,49,52,58-59H,7-9,11-12,14-18,20-21,23-27,29,32,35,37-41,43-44,46-48,50-51,53-57H2,1-6H3,(H-,62,64,66,67)/p+1/b13-10-,22-19-,30-28-,33-31+,36-34-,45-42-,52-49+.